The van der Waals surface area contributed by atoms with Gasteiger partial charge >= 0.3 is 0 Å². The molecule has 0 aromatic heterocycles. The van der Waals surface area contributed by atoms with Crippen molar-refractivity contribution in [3.05, 3.63) is 118 Å². The summed E-state index contributed by atoms with van der Waals surface area (Å²) in [7, 11) is -4.07. The molecule has 4 aromatic carbocycles. The number of sulfonamides is 1. The minimum Gasteiger partial charge on any atom is -0.456 e. The molecule has 0 unspecified atom stereocenters. The number of benzene rings is 4. The molecule has 9 heteroatoms. The van der Waals surface area contributed by atoms with E-state index in [1.165, 1.54) is 47.4 Å². The molecule has 0 atom stereocenters. The molecule has 0 bridgehead atoms. The van der Waals surface area contributed by atoms with Crippen molar-refractivity contribution in [1.29, 1.82) is 0 Å². The van der Waals surface area contributed by atoms with Crippen LogP contribution in [-0.2, 0) is 16.6 Å². The van der Waals surface area contributed by atoms with E-state index in [9.17, 15) is 13.2 Å². The molecule has 0 aliphatic heterocycles. The van der Waals surface area contributed by atoms with E-state index in [0.717, 1.165) is 11.1 Å². The van der Waals surface area contributed by atoms with Gasteiger partial charge in [0.1, 0.15) is 11.5 Å². The third-order valence-corrected chi connectivity index (χ3v) is 7.65. The highest BCUT2D eigenvalue weighted by atomic mass is 35.5. The average molecular weight is 580 g/mol. The Morgan fingerprint density at radius 1 is 0.974 bits per heavy atom. The Morgan fingerprint density at radius 3 is 2.33 bits per heavy atom. The maximum atomic E-state index is 13.6. The van der Waals surface area contributed by atoms with Gasteiger partial charge in [0.2, 0.25) is 0 Å². The Balaban J connectivity index is 1.57. The molecule has 0 radical (unpaired) electrons. The lowest BCUT2D eigenvalue weighted by atomic mass is 10.1. The Labute approximate surface area is 238 Å². The van der Waals surface area contributed by atoms with E-state index >= 15 is 0 Å². The van der Waals surface area contributed by atoms with Crippen LogP contribution in [0, 0.1) is 19.3 Å². The van der Waals surface area contributed by atoms with Gasteiger partial charge in [0.25, 0.3) is 15.9 Å². The molecule has 0 saturated heterocycles. The molecular weight excluding hydrogens is 555 g/mol. The van der Waals surface area contributed by atoms with E-state index in [0.29, 0.717) is 16.5 Å². The second kappa shape index (κ2) is 12.3. The van der Waals surface area contributed by atoms with Crippen LogP contribution in [-0.4, -0.2) is 25.8 Å². The third-order valence-electron chi connectivity index (χ3n) is 5.72. The molecule has 1 N–H and O–H groups in total. The van der Waals surface area contributed by atoms with Crippen molar-refractivity contribution in [2.45, 2.75) is 18.4 Å². The zero-order valence-corrected chi connectivity index (χ0v) is 23.2. The number of halogens is 2. The van der Waals surface area contributed by atoms with E-state index in [-0.39, 0.29) is 34.3 Å². The summed E-state index contributed by atoms with van der Waals surface area (Å²) >= 11 is 12.3. The number of para-hydroxylation sites is 1. The number of hydrogen-bond donors (Lipinski definition) is 1. The van der Waals surface area contributed by atoms with Gasteiger partial charge in [-0.2, -0.15) is 0 Å². The van der Waals surface area contributed by atoms with Crippen LogP contribution in [0.3, 0.4) is 0 Å². The lowest BCUT2D eigenvalue weighted by molar-refractivity contribution is 0.0767. The van der Waals surface area contributed by atoms with Crippen molar-refractivity contribution in [3.63, 3.8) is 0 Å². The number of aryl methyl sites for hydroxylation is 1. The molecular formula is C30H24Cl2N2O4S. The molecule has 4 rings (SSSR count). The van der Waals surface area contributed by atoms with E-state index < -0.39 is 15.9 Å². The maximum absolute atomic E-state index is 13.6. The van der Waals surface area contributed by atoms with Gasteiger partial charge in [-0.1, -0.05) is 71.1 Å². The minimum atomic E-state index is -4.07. The van der Waals surface area contributed by atoms with Gasteiger partial charge in [0.05, 0.1) is 27.7 Å². The highest BCUT2D eigenvalue weighted by Crippen LogP contribution is 2.30. The summed E-state index contributed by atoms with van der Waals surface area (Å²) in [6.07, 6.45) is 5.54. The number of carbonyl (C=O) groups is 1. The number of anilines is 1. The summed E-state index contributed by atoms with van der Waals surface area (Å²) in [5.74, 6) is 2.89. The predicted octanol–water partition coefficient (Wildman–Crippen LogP) is 7.17. The molecule has 0 fully saturated rings. The first-order valence-corrected chi connectivity index (χ1v) is 14.0. The first-order valence-electron chi connectivity index (χ1n) is 11.8. The summed E-state index contributed by atoms with van der Waals surface area (Å²) in [4.78, 5) is 15.0. The number of rotatable bonds is 9. The van der Waals surface area contributed by atoms with Crippen LogP contribution < -0.4 is 9.46 Å². The smallest absolute Gasteiger partial charge is 0.261 e. The number of nitrogens with zero attached hydrogens (tertiary/aromatic N) is 1. The van der Waals surface area contributed by atoms with E-state index in [2.05, 4.69) is 10.6 Å². The standard InChI is InChI=1S/C30H24Cl2N2O4S/c1-3-18-34(20-22-10-8-21(2)9-11-22)30(35)26-19-23(31)12-17-28(26)33-39(36,37)25-15-13-24(14-16-25)38-29-7-5-4-6-27(29)32/h1,4-17,19,33H,18,20H2,2H3. The van der Waals surface area contributed by atoms with Crippen LogP contribution in [0.15, 0.2) is 95.9 Å². The van der Waals surface area contributed by atoms with Gasteiger partial charge in [-0.05, 0) is 67.1 Å². The number of nitrogens with one attached hydrogen (secondary N) is 1. The quantitative estimate of drug-likeness (QED) is 0.213. The maximum Gasteiger partial charge on any atom is 0.261 e. The summed E-state index contributed by atoms with van der Waals surface area (Å²) in [6, 6.07) is 24.8. The fourth-order valence-electron chi connectivity index (χ4n) is 3.72. The SMILES string of the molecule is C#CCN(Cc1ccc(C)cc1)C(=O)c1cc(Cl)ccc1NS(=O)(=O)c1ccc(Oc2ccccc2Cl)cc1. The number of ether oxygens (including phenoxy) is 1. The number of amides is 1. The first kappa shape index (κ1) is 28.1. The lowest BCUT2D eigenvalue weighted by Gasteiger charge is -2.22. The minimum absolute atomic E-state index is 0.0255. The van der Waals surface area contributed by atoms with Crippen LogP contribution in [0.4, 0.5) is 5.69 Å². The van der Waals surface area contributed by atoms with Gasteiger partial charge in [0.15, 0.2) is 0 Å². The third kappa shape index (κ3) is 7.12. The summed E-state index contributed by atoms with van der Waals surface area (Å²) in [5.41, 5.74) is 2.12. The van der Waals surface area contributed by atoms with E-state index in [1.54, 1.807) is 24.3 Å². The van der Waals surface area contributed by atoms with Crippen molar-refractivity contribution in [2.24, 2.45) is 0 Å². The number of carbonyl (C=O) groups excluding carboxylic acids is 1. The summed E-state index contributed by atoms with van der Waals surface area (Å²) in [6.45, 7) is 2.24. The largest absolute Gasteiger partial charge is 0.456 e. The zero-order chi connectivity index (χ0) is 28.0. The summed E-state index contributed by atoms with van der Waals surface area (Å²) in [5, 5.41) is 0.704. The Kier molecular flexibility index (Phi) is 8.82. The van der Waals surface area contributed by atoms with Gasteiger partial charge < -0.3 is 9.64 Å². The van der Waals surface area contributed by atoms with Crippen molar-refractivity contribution in [2.75, 3.05) is 11.3 Å². The van der Waals surface area contributed by atoms with Crippen molar-refractivity contribution in [1.82, 2.24) is 4.90 Å². The molecule has 0 aliphatic carbocycles. The molecule has 198 valence electrons. The van der Waals surface area contributed by atoms with Gasteiger partial charge in [0, 0.05) is 11.6 Å². The van der Waals surface area contributed by atoms with Crippen LogP contribution in [0.5, 0.6) is 11.5 Å². The number of hydrogen-bond acceptors (Lipinski definition) is 4. The van der Waals surface area contributed by atoms with E-state index in [1.807, 2.05) is 31.2 Å². The molecule has 1 amide bonds. The topological polar surface area (TPSA) is 75.7 Å². The van der Waals surface area contributed by atoms with E-state index in [4.69, 9.17) is 34.4 Å². The molecule has 4 aromatic rings. The van der Waals surface area contributed by atoms with Crippen molar-refractivity contribution >= 4 is 44.8 Å². The second-order valence-electron chi connectivity index (χ2n) is 8.65. The van der Waals surface area contributed by atoms with Crippen molar-refractivity contribution in [3.8, 4) is 23.8 Å². The monoisotopic (exact) mass is 578 g/mol. The van der Waals surface area contributed by atoms with Gasteiger partial charge in [-0.15, -0.1) is 6.42 Å². The Hall–Kier alpha value is -3.96. The van der Waals surface area contributed by atoms with Crippen LogP contribution in [0.1, 0.15) is 21.5 Å². The average Bonchev–Trinajstić information content (AvgIpc) is 2.92. The highest BCUT2D eigenvalue weighted by Gasteiger charge is 2.23. The van der Waals surface area contributed by atoms with Crippen LogP contribution in [0.2, 0.25) is 10.0 Å². The highest BCUT2D eigenvalue weighted by molar-refractivity contribution is 7.92. The zero-order valence-electron chi connectivity index (χ0n) is 20.9. The molecule has 0 aliphatic rings. The lowest BCUT2D eigenvalue weighted by Crippen LogP contribution is -2.32. The van der Waals surface area contributed by atoms with Crippen molar-refractivity contribution < 1.29 is 17.9 Å². The molecule has 39 heavy (non-hydrogen) atoms. The second-order valence-corrected chi connectivity index (χ2v) is 11.2. The molecule has 6 nitrogen and oxygen atoms in total. The van der Waals surface area contributed by atoms with Crippen LogP contribution in [0.25, 0.3) is 0 Å². The molecule has 0 spiro atoms. The summed E-state index contributed by atoms with van der Waals surface area (Å²) < 4.78 is 34.7. The van der Waals surface area contributed by atoms with Crippen LogP contribution >= 0.6 is 23.2 Å². The fourth-order valence-corrected chi connectivity index (χ4v) is 5.15. The number of terminal acetylenes is 1. The normalized spacial score (nSPS) is 10.9. The van der Waals surface area contributed by atoms with Gasteiger partial charge in [-0.3, -0.25) is 9.52 Å². The molecule has 0 saturated carbocycles. The van der Waals surface area contributed by atoms with Gasteiger partial charge in [-0.25, -0.2) is 8.42 Å². The first-order chi connectivity index (χ1) is 18.7. The molecule has 0 heterocycles. The fraction of sp³-hybridized carbons (Fsp3) is 0.100. The Bertz CT molecular complexity index is 1630. The Morgan fingerprint density at radius 2 is 1.67 bits per heavy atom. The predicted molar refractivity (Wildman–Crippen MR) is 155 cm³/mol.